The standard InChI is InChI=1S/C15H23NO3/c1-10-14(19-9-15(2,3)16-10)12-8-11(17-4)6-7-13(12)18-5/h6-8,10,14,16H,9H2,1-5H3. The Hall–Kier alpha value is -1.26. The van der Waals surface area contributed by atoms with Gasteiger partial charge in [-0.3, -0.25) is 0 Å². The van der Waals surface area contributed by atoms with Crippen LogP contribution in [0.25, 0.3) is 0 Å². The van der Waals surface area contributed by atoms with Gasteiger partial charge < -0.3 is 19.5 Å². The summed E-state index contributed by atoms with van der Waals surface area (Å²) in [6.07, 6.45) is -0.0296. The van der Waals surface area contributed by atoms with Crippen LogP contribution in [0.15, 0.2) is 18.2 Å². The Morgan fingerprint density at radius 1 is 1.26 bits per heavy atom. The van der Waals surface area contributed by atoms with Gasteiger partial charge in [-0.25, -0.2) is 0 Å². The van der Waals surface area contributed by atoms with E-state index >= 15 is 0 Å². The largest absolute Gasteiger partial charge is 0.497 e. The molecule has 2 rings (SSSR count). The van der Waals surface area contributed by atoms with Crippen molar-refractivity contribution < 1.29 is 14.2 Å². The van der Waals surface area contributed by atoms with E-state index in [1.807, 2.05) is 18.2 Å². The number of hydrogen-bond donors (Lipinski definition) is 1. The van der Waals surface area contributed by atoms with Crippen molar-refractivity contribution in [2.45, 2.75) is 38.5 Å². The van der Waals surface area contributed by atoms with Gasteiger partial charge in [-0.05, 0) is 39.0 Å². The summed E-state index contributed by atoms with van der Waals surface area (Å²) in [6.45, 7) is 7.08. The predicted molar refractivity (Wildman–Crippen MR) is 74.9 cm³/mol. The van der Waals surface area contributed by atoms with Crippen LogP contribution < -0.4 is 14.8 Å². The smallest absolute Gasteiger partial charge is 0.125 e. The lowest BCUT2D eigenvalue weighted by atomic mass is 9.95. The lowest BCUT2D eigenvalue weighted by molar-refractivity contribution is -0.0505. The van der Waals surface area contributed by atoms with Crippen LogP contribution >= 0.6 is 0 Å². The average molecular weight is 265 g/mol. The van der Waals surface area contributed by atoms with Crippen molar-refractivity contribution in [3.8, 4) is 11.5 Å². The molecule has 1 aliphatic heterocycles. The zero-order chi connectivity index (χ0) is 14.0. The predicted octanol–water partition coefficient (Wildman–Crippen LogP) is 2.53. The molecule has 1 aliphatic rings. The molecule has 1 saturated heterocycles. The van der Waals surface area contributed by atoms with Gasteiger partial charge >= 0.3 is 0 Å². The molecule has 4 nitrogen and oxygen atoms in total. The molecule has 2 atom stereocenters. The fraction of sp³-hybridized carbons (Fsp3) is 0.600. The van der Waals surface area contributed by atoms with Gasteiger partial charge in [-0.1, -0.05) is 0 Å². The third kappa shape index (κ3) is 3.01. The van der Waals surface area contributed by atoms with E-state index in [1.54, 1.807) is 14.2 Å². The summed E-state index contributed by atoms with van der Waals surface area (Å²) in [4.78, 5) is 0. The third-order valence-electron chi connectivity index (χ3n) is 3.44. The zero-order valence-corrected chi connectivity index (χ0v) is 12.3. The normalized spacial score (nSPS) is 25.9. The molecule has 0 aliphatic carbocycles. The highest BCUT2D eigenvalue weighted by Crippen LogP contribution is 2.36. The highest BCUT2D eigenvalue weighted by atomic mass is 16.5. The fourth-order valence-electron chi connectivity index (χ4n) is 2.60. The zero-order valence-electron chi connectivity index (χ0n) is 12.3. The Labute approximate surface area is 115 Å². The van der Waals surface area contributed by atoms with Gasteiger partial charge in [0.05, 0.1) is 20.8 Å². The number of morpholine rings is 1. The number of ether oxygens (including phenoxy) is 3. The SMILES string of the molecule is COc1ccc(OC)c(C2OCC(C)(C)NC2C)c1. The molecule has 1 N–H and O–H groups in total. The molecule has 0 radical (unpaired) electrons. The summed E-state index contributed by atoms with van der Waals surface area (Å²) in [5.74, 6) is 1.65. The summed E-state index contributed by atoms with van der Waals surface area (Å²) in [5.41, 5.74) is 1.03. The molecule has 19 heavy (non-hydrogen) atoms. The minimum absolute atomic E-state index is 0.00200. The van der Waals surface area contributed by atoms with E-state index in [4.69, 9.17) is 14.2 Å². The lowest BCUT2D eigenvalue weighted by Crippen LogP contribution is -2.55. The van der Waals surface area contributed by atoms with E-state index < -0.39 is 0 Å². The third-order valence-corrected chi connectivity index (χ3v) is 3.44. The molecular weight excluding hydrogens is 242 g/mol. The van der Waals surface area contributed by atoms with Gasteiger partial charge in [0.15, 0.2) is 0 Å². The molecule has 1 heterocycles. The molecule has 0 bridgehead atoms. The van der Waals surface area contributed by atoms with Crippen molar-refractivity contribution in [3.05, 3.63) is 23.8 Å². The number of benzene rings is 1. The second-order valence-electron chi connectivity index (χ2n) is 5.66. The van der Waals surface area contributed by atoms with E-state index in [2.05, 4.69) is 26.1 Å². The summed E-state index contributed by atoms with van der Waals surface area (Å²) < 4.78 is 16.8. The van der Waals surface area contributed by atoms with Gasteiger partial charge in [0.2, 0.25) is 0 Å². The molecular formula is C15H23NO3. The monoisotopic (exact) mass is 265 g/mol. The summed E-state index contributed by atoms with van der Waals surface area (Å²) >= 11 is 0. The van der Waals surface area contributed by atoms with E-state index in [0.717, 1.165) is 17.1 Å². The second-order valence-corrected chi connectivity index (χ2v) is 5.66. The van der Waals surface area contributed by atoms with Crippen molar-refractivity contribution >= 4 is 0 Å². The molecule has 106 valence electrons. The summed E-state index contributed by atoms with van der Waals surface area (Å²) in [5, 5.41) is 3.57. The van der Waals surface area contributed by atoms with Crippen molar-refractivity contribution in [2.75, 3.05) is 20.8 Å². The van der Waals surface area contributed by atoms with Gasteiger partial charge in [0.1, 0.15) is 17.6 Å². The summed E-state index contributed by atoms with van der Waals surface area (Å²) in [7, 11) is 3.34. The van der Waals surface area contributed by atoms with E-state index in [1.165, 1.54) is 0 Å². The Bertz CT molecular complexity index is 445. The minimum Gasteiger partial charge on any atom is -0.497 e. The lowest BCUT2D eigenvalue weighted by Gasteiger charge is -2.41. The maximum atomic E-state index is 6.04. The molecule has 0 saturated carbocycles. The quantitative estimate of drug-likeness (QED) is 0.911. The van der Waals surface area contributed by atoms with E-state index in [-0.39, 0.29) is 17.7 Å². The first-order chi connectivity index (χ1) is 8.96. The molecule has 0 aromatic heterocycles. The molecule has 1 aromatic rings. The number of hydrogen-bond acceptors (Lipinski definition) is 4. The maximum Gasteiger partial charge on any atom is 0.125 e. The van der Waals surface area contributed by atoms with Crippen LogP contribution in [0, 0.1) is 0 Å². The first-order valence-corrected chi connectivity index (χ1v) is 6.58. The van der Waals surface area contributed by atoms with Crippen LogP contribution in [-0.4, -0.2) is 32.4 Å². The van der Waals surface area contributed by atoms with Gasteiger partial charge in [0.25, 0.3) is 0 Å². The number of rotatable bonds is 3. The van der Waals surface area contributed by atoms with Crippen LogP contribution in [0.4, 0.5) is 0 Å². The average Bonchev–Trinajstić information content (AvgIpc) is 2.37. The Morgan fingerprint density at radius 2 is 2.00 bits per heavy atom. The molecule has 0 spiro atoms. The molecule has 0 amide bonds. The second kappa shape index (κ2) is 5.39. The topological polar surface area (TPSA) is 39.7 Å². The van der Waals surface area contributed by atoms with Crippen molar-refractivity contribution in [1.29, 1.82) is 0 Å². The van der Waals surface area contributed by atoms with Crippen LogP contribution in [0.1, 0.15) is 32.4 Å². The van der Waals surface area contributed by atoms with Crippen molar-refractivity contribution in [3.63, 3.8) is 0 Å². The maximum absolute atomic E-state index is 6.04. The van der Waals surface area contributed by atoms with Crippen molar-refractivity contribution in [1.82, 2.24) is 5.32 Å². The highest BCUT2D eigenvalue weighted by molar-refractivity contribution is 5.42. The van der Waals surface area contributed by atoms with Crippen molar-refractivity contribution in [2.24, 2.45) is 0 Å². The summed E-state index contributed by atoms with van der Waals surface area (Å²) in [6, 6.07) is 6.02. The van der Waals surface area contributed by atoms with E-state index in [9.17, 15) is 0 Å². The molecule has 1 aromatic carbocycles. The van der Waals surface area contributed by atoms with E-state index in [0.29, 0.717) is 6.61 Å². The molecule has 4 heteroatoms. The minimum atomic E-state index is -0.0296. The van der Waals surface area contributed by atoms with Gasteiger partial charge in [0, 0.05) is 17.1 Å². The highest BCUT2D eigenvalue weighted by Gasteiger charge is 2.34. The first kappa shape index (κ1) is 14.2. The first-order valence-electron chi connectivity index (χ1n) is 6.58. The molecule has 2 unspecified atom stereocenters. The van der Waals surface area contributed by atoms with Crippen LogP contribution in [-0.2, 0) is 4.74 Å². The number of nitrogens with one attached hydrogen (secondary N) is 1. The molecule has 1 fully saturated rings. The number of methoxy groups -OCH3 is 2. The van der Waals surface area contributed by atoms with Crippen LogP contribution in [0.2, 0.25) is 0 Å². The van der Waals surface area contributed by atoms with Gasteiger partial charge in [-0.2, -0.15) is 0 Å². The van der Waals surface area contributed by atoms with Crippen LogP contribution in [0.5, 0.6) is 11.5 Å². The Balaban J connectivity index is 2.30. The van der Waals surface area contributed by atoms with Gasteiger partial charge in [-0.15, -0.1) is 0 Å². The van der Waals surface area contributed by atoms with Crippen LogP contribution in [0.3, 0.4) is 0 Å². The Morgan fingerprint density at radius 3 is 2.58 bits per heavy atom. The Kier molecular flexibility index (Phi) is 4.02. The fourth-order valence-corrected chi connectivity index (χ4v) is 2.60.